The summed E-state index contributed by atoms with van der Waals surface area (Å²) >= 11 is 7.42. The molecule has 1 aliphatic heterocycles. The Labute approximate surface area is 205 Å². The summed E-state index contributed by atoms with van der Waals surface area (Å²) in [7, 11) is 0. The van der Waals surface area contributed by atoms with E-state index in [0.717, 1.165) is 22.4 Å². The molecule has 0 radical (unpaired) electrons. The summed E-state index contributed by atoms with van der Waals surface area (Å²) in [5.41, 5.74) is 3.70. The fourth-order valence-electron chi connectivity index (χ4n) is 3.88. The number of ether oxygens (including phenoxy) is 1. The number of aromatic hydroxyl groups is 1. The number of phenolic OH excluding ortho intramolecular Hbond substituents is 1. The van der Waals surface area contributed by atoms with Crippen molar-refractivity contribution in [2.45, 2.75) is 24.0 Å². The summed E-state index contributed by atoms with van der Waals surface area (Å²) in [5.74, 6) is 1.07. The molecule has 0 aliphatic carbocycles. The lowest BCUT2D eigenvalue weighted by Crippen LogP contribution is -2.55. The lowest BCUT2D eigenvalue weighted by Gasteiger charge is -2.22. The van der Waals surface area contributed by atoms with E-state index in [0.29, 0.717) is 34.0 Å². The maximum atomic E-state index is 13.3. The number of aromatic amines is 1. The minimum Gasteiger partial charge on any atom is -0.504 e. The quantitative estimate of drug-likeness (QED) is 0.265. The van der Waals surface area contributed by atoms with E-state index in [1.54, 1.807) is 22.9 Å². The molecule has 4 aromatic rings. The number of benzene rings is 3. The number of fused-ring (bicyclic) bond motifs is 3. The van der Waals surface area contributed by atoms with Crippen molar-refractivity contribution >= 4 is 29.1 Å². The predicted molar refractivity (Wildman–Crippen MR) is 133 cm³/mol. The highest BCUT2D eigenvalue weighted by Gasteiger charge is 2.38. The first-order chi connectivity index (χ1) is 16.5. The summed E-state index contributed by atoms with van der Waals surface area (Å²) in [5, 5.41) is 19.6. The topological polar surface area (TPSA) is 91.1 Å². The van der Waals surface area contributed by atoms with E-state index in [-0.39, 0.29) is 11.3 Å². The molecule has 0 amide bonds. The Balaban J connectivity index is 1.58. The van der Waals surface area contributed by atoms with Crippen LogP contribution in [0.15, 0.2) is 76.7 Å². The second-order valence-corrected chi connectivity index (χ2v) is 9.12. The van der Waals surface area contributed by atoms with Gasteiger partial charge >= 0.3 is 11.3 Å². The van der Waals surface area contributed by atoms with Crippen molar-refractivity contribution in [3.8, 4) is 22.8 Å². The van der Waals surface area contributed by atoms with Gasteiger partial charge in [-0.1, -0.05) is 47.6 Å². The second-order valence-electron chi connectivity index (χ2n) is 7.72. The Hall–Kier alpha value is -3.49. The molecule has 172 valence electrons. The highest BCUT2D eigenvalue weighted by Crippen LogP contribution is 2.35. The smallest absolute Gasteiger partial charge is 0.325 e. The van der Waals surface area contributed by atoms with Crippen molar-refractivity contribution in [1.82, 2.24) is 10.1 Å². The molecule has 0 bridgehead atoms. The van der Waals surface area contributed by atoms with E-state index in [2.05, 4.69) is 10.3 Å². The lowest BCUT2D eigenvalue weighted by atomic mass is 10.0. The van der Waals surface area contributed by atoms with Crippen molar-refractivity contribution < 1.29 is 14.5 Å². The first-order valence-corrected chi connectivity index (χ1v) is 12.1. The Morgan fingerprint density at radius 1 is 1.15 bits per heavy atom. The van der Waals surface area contributed by atoms with Crippen LogP contribution in [-0.4, -0.2) is 21.8 Å². The van der Waals surface area contributed by atoms with Gasteiger partial charge in [-0.3, -0.25) is 9.78 Å². The number of nitrogens with zero attached hydrogens (tertiary/aromatic N) is 2. The number of halogens is 1. The van der Waals surface area contributed by atoms with Gasteiger partial charge in [-0.05, 0) is 59.6 Å². The molecule has 5 rings (SSSR count). The SMILES string of the molecule is CCOc1cc([C@@H]2Nc3ccccc3-c3c(=O)[nH]c(SCc4ccc(Cl)cc4)n[n+]32)ccc1O. The van der Waals surface area contributed by atoms with Gasteiger partial charge in [-0.25, -0.2) is 0 Å². The molecule has 0 saturated carbocycles. The number of thioether (sulfide) groups is 1. The fraction of sp³-hybridized carbons (Fsp3) is 0.160. The number of phenols is 1. The second kappa shape index (κ2) is 9.40. The van der Waals surface area contributed by atoms with Crippen molar-refractivity contribution in [3.63, 3.8) is 0 Å². The molecular formula is C25H22ClN4O3S+. The minimum atomic E-state index is -0.470. The highest BCUT2D eigenvalue weighted by atomic mass is 35.5. The van der Waals surface area contributed by atoms with E-state index >= 15 is 0 Å². The van der Waals surface area contributed by atoms with Gasteiger partial charge in [0.05, 0.1) is 17.9 Å². The van der Waals surface area contributed by atoms with E-state index in [1.807, 2.05) is 55.5 Å². The molecule has 1 atom stereocenters. The summed E-state index contributed by atoms with van der Waals surface area (Å²) in [6.07, 6.45) is -0.470. The normalized spacial score (nSPS) is 14.1. The zero-order valence-corrected chi connectivity index (χ0v) is 19.9. The third-order valence-electron chi connectivity index (χ3n) is 5.47. The van der Waals surface area contributed by atoms with Crippen LogP contribution in [0, 0.1) is 0 Å². The number of aromatic nitrogens is 3. The van der Waals surface area contributed by atoms with Crippen molar-refractivity contribution in [1.29, 1.82) is 0 Å². The van der Waals surface area contributed by atoms with Gasteiger partial charge in [-0.15, -0.1) is 0 Å². The Kier molecular flexibility index (Phi) is 6.17. The zero-order valence-electron chi connectivity index (χ0n) is 18.3. The minimum absolute atomic E-state index is 0.0603. The molecular weight excluding hydrogens is 472 g/mol. The maximum Gasteiger partial charge on any atom is 0.325 e. The third kappa shape index (κ3) is 4.34. The van der Waals surface area contributed by atoms with Gasteiger partial charge in [-0.2, -0.15) is 0 Å². The van der Waals surface area contributed by atoms with Gasteiger partial charge in [0.2, 0.25) is 5.16 Å². The summed E-state index contributed by atoms with van der Waals surface area (Å²) in [6.45, 7) is 2.28. The van der Waals surface area contributed by atoms with Crippen LogP contribution < -0.4 is 20.3 Å². The predicted octanol–water partition coefficient (Wildman–Crippen LogP) is 4.75. The van der Waals surface area contributed by atoms with E-state index in [4.69, 9.17) is 21.4 Å². The van der Waals surface area contributed by atoms with Crippen molar-refractivity contribution in [3.05, 3.63) is 93.2 Å². The average Bonchev–Trinajstić information content (AvgIpc) is 2.84. The molecule has 3 aromatic carbocycles. The van der Waals surface area contributed by atoms with E-state index in [9.17, 15) is 9.90 Å². The van der Waals surface area contributed by atoms with E-state index < -0.39 is 6.17 Å². The zero-order chi connectivity index (χ0) is 23.7. The molecule has 9 heteroatoms. The third-order valence-corrected chi connectivity index (χ3v) is 6.66. The van der Waals surface area contributed by atoms with E-state index in [1.165, 1.54) is 11.8 Å². The van der Waals surface area contributed by atoms with Gasteiger partial charge in [0.1, 0.15) is 0 Å². The number of hydrogen-bond acceptors (Lipinski definition) is 6. The molecule has 2 heterocycles. The van der Waals surface area contributed by atoms with Crippen LogP contribution in [-0.2, 0) is 5.75 Å². The Morgan fingerprint density at radius 3 is 2.74 bits per heavy atom. The number of para-hydroxylation sites is 1. The van der Waals surface area contributed by atoms with Gasteiger partial charge < -0.3 is 15.2 Å². The molecule has 0 fully saturated rings. The maximum absolute atomic E-state index is 13.3. The van der Waals surface area contributed by atoms with Crippen LogP contribution in [0.2, 0.25) is 5.02 Å². The Bertz CT molecular complexity index is 1410. The molecule has 0 saturated heterocycles. The molecule has 7 nitrogen and oxygen atoms in total. The number of hydrogen-bond donors (Lipinski definition) is 3. The number of rotatable bonds is 6. The molecule has 1 aromatic heterocycles. The first kappa shape index (κ1) is 22.3. The van der Waals surface area contributed by atoms with Crippen LogP contribution in [0.4, 0.5) is 5.69 Å². The van der Waals surface area contributed by atoms with Crippen LogP contribution in [0.5, 0.6) is 11.5 Å². The molecule has 0 spiro atoms. The molecule has 1 aliphatic rings. The fourth-order valence-corrected chi connectivity index (χ4v) is 4.82. The lowest BCUT2D eigenvalue weighted by molar-refractivity contribution is -0.759. The van der Waals surface area contributed by atoms with Gasteiger partial charge in [0.15, 0.2) is 11.5 Å². The summed E-state index contributed by atoms with van der Waals surface area (Å²) in [4.78, 5) is 16.2. The largest absolute Gasteiger partial charge is 0.504 e. The summed E-state index contributed by atoms with van der Waals surface area (Å²) < 4.78 is 7.28. The molecule has 34 heavy (non-hydrogen) atoms. The van der Waals surface area contributed by atoms with Crippen LogP contribution in [0.1, 0.15) is 24.2 Å². The first-order valence-electron chi connectivity index (χ1n) is 10.8. The Morgan fingerprint density at radius 2 is 1.94 bits per heavy atom. The number of anilines is 1. The van der Waals surface area contributed by atoms with Crippen molar-refractivity contribution in [2.24, 2.45) is 0 Å². The van der Waals surface area contributed by atoms with Crippen LogP contribution in [0.3, 0.4) is 0 Å². The molecule has 0 unspecified atom stereocenters. The average molecular weight is 494 g/mol. The highest BCUT2D eigenvalue weighted by molar-refractivity contribution is 7.98. The number of nitrogens with one attached hydrogen (secondary N) is 2. The summed E-state index contributed by atoms with van der Waals surface area (Å²) in [6, 6.07) is 20.4. The monoisotopic (exact) mass is 493 g/mol. The van der Waals surface area contributed by atoms with Gasteiger partial charge in [0.25, 0.3) is 6.17 Å². The standard InChI is InChI=1S/C25H21ClN4O3S/c1-2-33-21-13-16(9-12-20(21)31)23-27-19-6-4-3-5-18(19)22-24(32)28-25(29-30(22)23)34-14-15-7-10-17(26)11-8-15/h3-13,23H,2,14H2,1H3,(H2,28,29,31,32)/p+1/t23-/m1/s1. The van der Waals surface area contributed by atoms with Crippen molar-refractivity contribution in [2.75, 3.05) is 11.9 Å². The molecule has 3 N–H and O–H groups in total. The van der Waals surface area contributed by atoms with Crippen LogP contribution >= 0.6 is 23.4 Å². The van der Waals surface area contributed by atoms with Crippen LogP contribution in [0.25, 0.3) is 11.3 Å². The van der Waals surface area contributed by atoms with Gasteiger partial charge in [0, 0.05) is 21.4 Å². The number of H-pyrrole nitrogens is 1.